The molecule has 4 aliphatic rings. The second-order valence-corrected chi connectivity index (χ2v) is 12.8. The van der Waals surface area contributed by atoms with Gasteiger partial charge in [0.05, 0.1) is 40.4 Å². The van der Waals surface area contributed by atoms with Gasteiger partial charge in [0.1, 0.15) is 17.5 Å². The van der Waals surface area contributed by atoms with Crippen molar-refractivity contribution in [2.75, 3.05) is 43.4 Å². The third-order valence-corrected chi connectivity index (χ3v) is 10.3. The average molecular weight is 595 g/mol. The number of morpholine rings is 1. The van der Waals surface area contributed by atoms with Crippen LogP contribution in [0.15, 0.2) is 27.9 Å². The van der Waals surface area contributed by atoms with Crippen LogP contribution in [0.25, 0.3) is 22.0 Å². The minimum absolute atomic E-state index is 0.102. The molecule has 0 bridgehead atoms. The number of piperazine rings is 1. The van der Waals surface area contributed by atoms with Crippen molar-refractivity contribution in [2.24, 2.45) is 0 Å². The fourth-order valence-electron chi connectivity index (χ4n) is 6.24. The summed E-state index contributed by atoms with van der Waals surface area (Å²) in [5, 5.41) is 4.32. The molecule has 12 heteroatoms. The lowest BCUT2D eigenvalue weighted by atomic mass is 9.94. The van der Waals surface area contributed by atoms with Crippen molar-refractivity contribution in [3.8, 4) is 11.1 Å². The summed E-state index contributed by atoms with van der Waals surface area (Å²) in [5.74, 6) is -0.435. The number of thioether (sulfide) groups is 1. The van der Waals surface area contributed by atoms with Crippen molar-refractivity contribution >= 4 is 51.7 Å². The number of nitrogens with zero attached hydrogens (tertiary/aromatic N) is 4. The molecule has 7 rings (SSSR count). The first kappa shape index (κ1) is 26.0. The molecule has 2 aromatic carbocycles. The summed E-state index contributed by atoms with van der Waals surface area (Å²) in [6.07, 6.45) is 0.290. The molecule has 4 aliphatic heterocycles. The molecule has 5 atom stereocenters. The summed E-state index contributed by atoms with van der Waals surface area (Å²) in [7, 11) is 0. The zero-order chi connectivity index (χ0) is 27.2. The summed E-state index contributed by atoms with van der Waals surface area (Å²) < 4.78 is 36.6. The number of rotatable bonds is 4. The Morgan fingerprint density at radius 3 is 2.69 bits per heavy atom. The van der Waals surface area contributed by atoms with Crippen LogP contribution in [-0.4, -0.2) is 77.2 Å². The van der Waals surface area contributed by atoms with Gasteiger partial charge in [-0.3, -0.25) is 9.47 Å². The minimum Gasteiger partial charge on any atom is -0.373 e. The van der Waals surface area contributed by atoms with Crippen LogP contribution in [-0.2, 0) is 4.74 Å². The highest BCUT2D eigenvalue weighted by Crippen LogP contribution is 2.49. The maximum absolute atomic E-state index is 15.2. The molecule has 0 aliphatic carbocycles. The Morgan fingerprint density at radius 2 is 1.97 bits per heavy atom. The molecule has 0 radical (unpaired) electrons. The number of nitrogens with one attached hydrogen (secondary N) is 1. The first-order chi connectivity index (χ1) is 18.7. The Balaban J connectivity index is 1.45. The summed E-state index contributed by atoms with van der Waals surface area (Å²) >= 11 is 14.5. The van der Waals surface area contributed by atoms with Gasteiger partial charge in [-0.25, -0.2) is 13.6 Å². The van der Waals surface area contributed by atoms with Gasteiger partial charge in [0.15, 0.2) is 0 Å². The molecule has 0 amide bonds. The number of ether oxygens (including phenoxy) is 1. The number of benzene rings is 2. The Bertz CT molecular complexity index is 1570. The number of likely N-dealkylation sites (tertiary alicyclic amines) is 1. The van der Waals surface area contributed by atoms with Crippen LogP contribution >= 0.6 is 35.0 Å². The van der Waals surface area contributed by atoms with E-state index in [2.05, 4.69) is 33.9 Å². The van der Waals surface area contributed by atoms with Crippen molar-refractivity contribution in [3.63, 3.8) is 0 Å². The molecule has 5 heterocycles. The maximum atomic E-state index is 15.2. The number of fused-ring (bicyclic) bond motifs is 1. The van der Waals surface area contributed by atoms with Crippen LogP contribution in [0.3, 0.4) is 0 Å². The van der Waals surface area contributed by atoms with Crippen LogP contribution in [0.1, 0.15) is 19.9 Å². The highest BCUT2D eigenvalue weighted by atomic mass is 35.5. The van der Waals surface area contributed by atoms with Gasteiger partial charge in [0.2, 0.25) is 0 Å². The molecule has 1 N–H and O–H groups in total. The zero-order valence-corrected chi connectivity index (χ0v) is 23.7. The number of aromatic nitrogens is 2. The predicted molar refractivity (Wildman–Crippen MR) is 151 cm³/mol. The molecular formula is C27H27Cl2F2N5O2S. The number of anilines is 1. The van der Waals surface area contributed by atoms with E-state index >= 15 is 4.39 Å². The normalized spacial score (nSPS) is 28.3. The number of halogens is 4. The van der Waals surface area contributed by atoms with Crippen LogP contribution < -0.4 is 15.9 Å². The van der Waals surface area contributed by atoms with Crippen LogP contribution in [0.4, 0.5) is 14.6 Å². The van der Waals surface area contributed by atoms with Crippen molar-refractivity contribution in [1.82, 2.24) is 19.8 Å². The quantitative estimate of drug-likeness (QED) is 0.445. The Hall–Kier alpha value is -1.95. The van der Waals surface area contributed by atoms with Gasteiger partial charge >= 0.3 is 5.69 Å². The Labute approximate surface area is 238 Å². The van der Waals surface area contributed by atoms with Crippen LogP contribution in [0, 0.1) is 11.6 Å². The monoisotopic (exact) mass is 593 g/mol. The number of hydrogen-bond acceptors (Lipinski definition) is 7. The lowest BCUT2D eigenvalue weighted by Gasteiger charge is -2.55. The van der Waals surface area contributed by atoms with Gasteiger partial charge < -0.3 is 15.0 Å². The summed E-state index contributed by atoms with van der Waals surface area (Å²) in [5.41, 5.74) is 0.865. The highest BCUT2D eigenvalue weighted by molar-refractivity contribution is 7.99. The van der Waals surface area contributed by atoms with Gasteiger partial charge in [0.25, 0.3) is 0 Å². The van der Waals surface area contributed by atoms with Gasteiger partial charge in [-0.05, 0) is 26.0 Å². The molecule has 7 nitrogen and oxygen atoms in total. The predicted octanol–water partition coefficient (Wildman–Crippen LogP) is 4.56. The molecule has 2 unspecified atom stereocenters. The topological polar surface area (TPSA) is 62.6 Å². The van der Waals surface area contributed by atoms with Gasteiger partial charge in [0, 0.05) is 71.5 Å². The first-order valence-electron chi connectivity index (χ1n) is 13.1. The van der Waals surface area contributed by atoms with E-state index in [1.54, 1.807) is 22.4 Å². The molecule has 3 fully saturated rings. The van der Waals surface area contributed by atoms with Gasteiger partial charge in [-0.15, -0.1) is 11.8 Å². The van der Waals surface area contributed by atoms with Crippen molar-refractivity contribution in [3.05, 3.63) is 50.4 Å². The van der Waals surface area contributed by atoms with E-state index in [4.69, 9.17) is 27.9 Å². The van der Waals surface area contributed by atoms with E-state index in [-0.39, 0.29) is 34.4 Å². The van der Waals surface area contributed by atoms with Crippen molar-refractivity contribution < 1.29 is 13.5 Å². The van der Waals surface area contributed by atoms with E-state index in [0.717, 1.165) is 24.5 Å². The SMILES string of the molecule is C[C@@H]1CN(c2nc(=O)n3c4c(c(-c5cc(Cl)c(F)cc5F)c(Cl)cc24)SC[C@@H]3CN2CC3OCC32)[C@@H](C)CN1. The molecule has 3 aromatic rings. The lowest BCUT2D eigenvalue weighted by Crippen LogP contribution is -2.71. The molecule has 0 saturated carbocycles. The minimum atomic E-state index is -0.839. The second kappa shape index (κ2) is 9.56. The summed E-state index contributed by atoms with van der Waals surface area (Å²) in [6.45, 7) is 7.88. The third-order valence-electron chi connectivity index (χ3n) is 8.44. The largest absolute Gasteiger partial charge is 0.373 e. The van der Waals surface area contributed by atoms with Gasteiger partial charge in [-0.2, -0.15) is 4.98 Å². The zero-order valence-electron chi connectivity index (χ0n) is 21.4. The molecule has 39 heavy (non-hydrogen) atoms. The highest BCUT2D eigenvalue weighted by Gasteiger charge is 2.48. The fraction of sp³-hybridized carbons (Fsp3) is 0.481. The van der Waals surface area contributed by atoms with Crippen LogP contribution in [0.5, 0.6) is 0 Å². The van der Waals surface area contributed by atoms with E-state index in [9.17, 15) is 9.18 Å². The van der Waals surface area contributed by atoms with E-state index in [1.807, 2.05) is 0 Å². The molecule has 0 spiro atoms. The van der Waals surface area contributed by atoms with Crippen LogP contribution in [0.2, 0.25) is 10.0 Å². The van der Waals surface area contributed by atoms with Crippen molar-refractivity contribution in [2.45, 2.75) is 49.0 Å². The molecular weight excluding hydrogens is 567 g/mol. The first-order valence-corrected chi connectivity index (χ1v) is 14.9. The van der Waals surface area contributed by atoms with E-state index in [0.29, 0.717) is 64.4 Å². The second-order valence-electron chi connectivity index (χ2n) is 11.0. The Morgan fingerprint density at radius 1 is 1.15 bits per heavy atom. The molecule has 206 valence electrons. The van der Waals surface area contributed by atoms with Gasteiger partial charge in [-0.1, -0.05) is 23.2 Å². The summed E-state index contributed by atoms with van der Waals surface area (Å²) in [6, 6.07) is 4.40. The van der Waals surface area contributed by atoms with Crippen molar-refractivity contribution in [1.29, 1.82) is 0 Å². The molecule has 1 aromatic heterocycles. The maximum Gasteiger partial charge on any atom is 0.350 e. The van der Waals surface area contributed by atoms with E-state index in [1.165, 1.54) is 6.07 Å². The fourth-order valence-corrected chi connectivity index (χ4v) is 8.09. The Kier molecular flexibility index (Phi) is 6.37. The summed E-state index contributed by atoms with van der Waals surface area (Å²) in [4.78, 5) is 23.7. The average Bonchev–Trinajstić information content (AvgIpc) is 2.88. The third kappa shape index (κ3) is 4.09. The standard InChI is InChI=1S/C27H27Cl2F2N5O2S/c1-12-7-35(13(2)6-32-12)26-16-4-18(29)23(15-3-17(28)20(31)5-19(15)30)25-24(16)36(27(37)33-26)14(11-39-25)8-34-9-22-21(34)10-38-22/h3-5,12-14,21-22,32H,6-11H2,1-2H3/t12-,13+,14+,21?,22?/m1/s1. The molecule has 3 saturated heterocycles. The number of hydrogen-bond donors (Lipinski definition) is 1. The lowest BCUT2D eigenvalue weighted by molar-refractivity contribution is -0.216. The van der Waals surface area contributed by atoms with E-state index < -0.39 is 11.6 Å². The smallest absolute Gasteiger partial charge is 0.350 e.